The number of likely N-dealkylation sites (tertiary alicyclic amines) is 1. The molecule has 0 N–H and O–H groups in total. The van der Waals surface area contributed by atoms with Crippen molar-refractivity contribution in [3.05, 3.63) is 35.4 Å². The first-order valence-corrected chi connectivity index (χ1v) is 7.79. The van der Waals surface area contributed by atoms with E-state index in [0.717, 1.165) is 0 Å². The number of amides is 1. The topological polar surface area (TPSA) is 37.4 Å². The van der Waals surface area contributed by atoms with Crippen molar-refractivity contribution in [1.29, 1.82) is 0 Å². The molecule has 0 spiro atoms. The molecule has 1 aromatic carbocycles. The molecule has 0 saturated carbocycles. The number of Topliss-reactive ketones (excluding diaryl/α,β-unsaturated/α-hetero) is 1. The standard InChI is InChI=1S/C18H25NO2/c1-12(2)14-5-7-15(8-6-14)17(20)11-19-10-16(13(3)4)9-18(19)21/h5-8,12-13,16H,9-11H2,1-4H3. The Balaban J connectivity index is 2.00. The molecule has 1 saturated heterocycles. The Morgan fingerprint density at radius 1 is 1.19 bits per heavy atom. The van der Waals surface area contributed by atoms with Crippen LogP contribution in [0.15, 0.2) is 24.3 Å². The van der Waals surface area contributed by atoms with Crippen LogP contribution in [0.25, 0.3) is 0 Å². The normalized spacial score (nSPS) is 18.9. The van der Waals surface area contributed by atoms with Crippen molar-refractivity contribution in [2.45, 2.75) is 40.0 Å². The highest BCUT2D eigenvalue weighted by molar-refractivity contribution is 5.99. The molecular weight excluding hydrogens is 262 g/mol. The summed E-state index contributed by atoms with van der Waals surface area (Å²) >= 11 is 0. The van der Waals surface area contributed by atoms with E-state index in [1.807, 2.05) is 24.3 Å². The quantitative estimate of drug-likeness (QED) is 0.777. The second-order valence-electron chi connectivity index (χ2n) is 6.68. The van der Waals surface area contributed by atoms with Crippen molar-refractivity contribution in [2.75, 3.05) is 13.1 Å². The fourth-order valence-electron chi connectivity index (χ4n) is 2.72. The molecule has 1 aliphatic heterocycles. The number of carbonyl (C=O) groups excluding carboxylic acids is 2. The van der Waals surface area contributed by atoms with Gasteiger partial charge in [-0.2, -0.15) is 0 Å². The summed E-state index contributed by atoms with van der Waals surface area (Å²) in [4.78, 5) is 26.0. The summed E-state index contributed by atoms with van der Waals surface area (Å²) in [6.45, 7) is 9.45. The molecule has 2 rings (SSSR count). The molecule has 1 aromatic rings. The fourth-order valence-corrected chi connectivity index (χ4v) is 2.72. The lowest BCUT2D eigenvalue weighted by Crippen LogP contribution is -2.31. The highest BCUT2D eigenvalue weighted by atomic mass is 16.2. The van der Waals surface area contributed by atoms with Gasteiger partial charge in [-0.15, -0.1) is 0 Å². The van der Waals surface area contributed by atoms with Crippen LogP contribution >= 0.6 is 0 Å². The number of benzene rings is 1. The van der Waals surface area contributed by atoms with E-state index in [9.17, 15) is 9.59 Å². The molecule has 1 fully saturated rings. The van der Waals surface area contributed by atoms with Gasteiger partial charge in [-0.25, -0.2) is 0 Å². The first-order valence-electron chi connectivity index (χ1n) is 7.79. The number of carbonyl (C=O) groups is 2. The van der Waals surface area contributed by atoms with E-state index in [0.29, 0.717) is 36.3 Å². The van der Waals surface area contributed by atoms with Crippen LogP contribution in [-0.4, -0.2) is 29.7 Å². The summed E-state index contributed by atoms with van der Waals surface area (Å²) in [5.41, 5.74) is 1.92. The van der Waals surface area contributed by atoms with Gasteiger partial charge in [0.25, 0.3) is 0 Å². The smallest absolute Gasteiger partial charge is 0.223 e. The highest BCUT2D eigenvalue weighted by Crippen LogP contribution is 2.25. The van der Waals surface area contributed by atoms with Crippen molar-refractivity contribution in [2.24, 2.45) is 11.8 Å². The first-order chi connectivity index (χ1) is 9.88. The fraction of sp³-hybridized carbons (Fsp3) is 0.556. The Labute approximate surface area is 127 Å². The molecular formula is C18H25NO2. The molecule has 0 radical (unpaired) electrons. The summed E-state index contributed by atoms with van der Waals surface area (Å²) in [5.74, 6) is 1.47. The minimum absolute atomic E-state index is 0.0306. The Morgan fingerprint density at radius 3 is 2.29 bits per heavy atom. The van der Waals surface area contributed by atoms with Crippen LogP contribution in [0.4, 0.5) is 0 Å². The van der Waals surface area contributed by atoms with E-state index in [-0.39, 0.29) is 18.2 Å². The summed E-state index contributed by atoms with van der Waals surface area (Å²) < 4.78 is 0. The Kier molecular flexibility index (Phi) is 4.81. The third-order valence-electron chi connectivity index (χ3n) is 4.42. The van der Waals surface area contributed by atoms with Gasteiger partial charge >= 0.3 is 0 Å². The molecule has 1 heterocycles. The summed E-state index contributed by atoms with van der Waals surface area (Å²) in [6.07, 6.45) is 0.581. The van der Waals surface area contributed by atoms with Gasteiger partial charge in [-0.05, 0) is 23.3 Å². The van der Waals surface area contributed by atoms with Crippen LogP contribution in [0.1, 0.15) is 56.0 Å². The van der Waals surface area contributed by atoms with Crippen molar-refractivity contribution in [3.63, 3.8) is 0 Å². The minimum Gasteiger partial charge on any atom is -0.335 e. The molecule has 1 amide bonds. The van der Waals surface area contributed by atoms with Gasteiger partial charge in [0.1, 0.15) is 0 Å². The number of rotatable bonds is 5. The maximum absolute atomic E-state index is 12.3. The molecule has 0 aromatic heterocycles. The number of hydrogen-bond acceptors (Lipinski definition) is 2. The van der Waals surface area contributed by atoms with Gasteiger partial charge in [0.2, 0.25) is 5.91 Å². The van der Waals surface area contributed by atoms with Crippen molar-refractivity contribution in [1.82, 2.24) is 4.90 Å². The molecule has 1 aliphatic rings. The first kappa shape index (κ1) is 15.7. The van der Waals surface area contributed by atoms with Crippen LogP contribution in [0.5, 0.6) is 0 Å². The monoisotopic (exact) mass is 287 g/mol. The molecule has 0 aliphatic carbocycles. The van der Waals surface area contributed by atoms with Crippen LogP contribution in [0, 0.1) is 11.8 Å². The van der Waals surface area contributed by atoms with Gasteiger partial charge in [-0.3, -0.25) is 9.59 Å². The lowest BCUT2D eigenvalue weighted by atomic mass is 9.95. The minimum atomic E-state index is 0.0306. The lowest BCUT2D eigenvalue weighted by molar-refractivity contribution is -0.127. The zero-order valence-electron chi connectivity index (χ0n) is 13.4. The van der Waals surface area contributed by atoms with Crippen molar-refractivity contribution >= 4 is 11.7 Å². The lowest BCUT2D eigenvalue weighted by Gasteiger charge is -2.17. The van der Waals surface area contributed by atoms with E-state index in [4.69, 9.17) is 0 Å². The Bertz CT molecular complexity index is 517. The maximum atomic E-state index is 12.3. The van der Waals surface area contributed by atoms with E-state index in [2.05, 4.69) is 27.7 Å². The number of ketones is 1. The van der Waals surface area contributed by atoms with Crippen LogP contribution in [0.3, 0.4) is 0 Å². The third-order valence-corrected chi connectivity index (χ3v) is 4.42. The molecule has 21 heavy (non-hydrogen) atoms. The maximum Gasteiger partial charge on any atom is 0.223 e. The molecule has 114 valence electrons. The Hall–Kier alpha value is -1.64. The summed E-state index contributed by atoms with van der Waals surface area (Å²) in [7, 11) is 0. The second-order valence-corrected chi connectivity index (χ2v) is 6.68. The third kappa shape index (κ3) is 3.72. The average molecular weight is 287 g/mol. The summed E-state index contributed by atoms with van der Waals surface area (Å²) in [6, 6.07) is 7.75. The van der Waals surface area contributed by atoms with Crippen molar-refractivity contribution in [3.8, 4) is 0 Å². The van der Waals surface area contributed by atoms with Crippen LogP contribution in [-0.2, 0) is 4.79 Å². The van der Waals surface area contributed by atoms with Gasteiger partial charge in [0.05, 0.1) is 6.54 Å². The molecule has 0 bridgehead atoms. The largest absolute Gasteiger partial charge is 0.335 e. The predicted molar refractivity (Wildman–Crippen MR) is 84.4 cm³/mol. The predicted octanol–water partition coefficient (Wildman–Crippen LogP) is 3.50. The zero-order chi connectivity index (χ0) is 15.6. The van der Waals surface area contributed by atoms with Gasteiger partial charge in [0, 0.05) is 18.5 Å². The number of nitrogens with zero attached hydrogens (tertiary/aromatic N) is 1. The van der Waals surface area contributed by atoms with E-state index >= 15 is 0 Å². The highest BCUT2D eigenvalue weighted by Gasteiger charge is 2.32. The zero-order valence-corrected chi connectivity index (χ0v) is 13.4. The van der Waals surface area contributed by atoms with Gasteiger partial charge in [-0.1, -0.05) is 52.0 Å². The van der Waals surface area contributed by atoms with E-state index in [1.165, 1.54) is 5.56 Å². The Morgan fingerprint density at radius 2 is 1.81 bits per heavy atom. The van der Waals surface area contributed by atoms with Gasteiger partial charge < -0.3 is 4.90 Å². The summed E-state index contributed by atoms with van der Waals surface area (Å²) in [5, 5.41) is 0. The van der Waals surface area contributed by atoms with Crippen LogP contribution < -0.4 is 0 Å². The average Bonchev–Trinajstić information content (AvgIpc) is 2.80. The molecule has 3 nitrogen and oxygen atoms in total. The van der Waals surface area contributed by atoms with E-state index in [1.54, 1.807) is 4.90 Å². The molecule has 3 heteroatoms. The second kappa shape index (κ2) is 6.42. The number of hydrogen-bond donors (Lipinski definition) is 0. The molecule has 1 unspecified atom stereocenters. The molecule has 1 atom stereocenters. The SMILES string of the molecule is CC(C)c1ccc(C(=O)CN2CC(C(C)C)CC2=O)cc1. The van der Waals surface area contributed by atoms with E-state index < -0.39 is 0 Å². The van der Waals surface area contributed by atoms with Crippen molar-refractivity contribution < 1.29 is 9.59 Å². The van der Waals surface area contributed by atoms with Gasteiger partial charge in [0.15, 0.2) is 5.78 Å². The van der Waals surface area contributed by atoms with Crippen LogP contribution in [0.2, 0.25) is 0 Å².